The smallest absolute Gasteiger partial charge is 0.208 e. The second kappa shape index (κ2) is 5.89. The van der Waals surface area contributed by atoms with Gasteiger partial charge in [-0.3, -0.25) is 4.99 Å². The molecule has 0 bridgehead atoms. The lowest BCUT2D eigenvalue weighted by Gasteiger charge is -2.13. The molecule has 0 aromatic rings. The van der Waals surface area contributed by atoms with Gasteiger partial charge in [-0.25, -0.2) is 0 Å². The quantitative estimate of drug-likeness (QED) is 0.598. The summed E-state index contributed by atoms with van der Waals surface area (Å²) < 4.78 is 17.8. The number of allylic oxidation sites excluding steroid dienone is 2. The van der Waals surface area contributed by atoms with Gasteiger partial charge in [-0.15, -0.1) is 0 Å². The molecule has 0 aromatic carbocycles. The van der Waals surface area contributed by atoms with Crippen LogP contribution in [0.3, 0.4) is 0 Å². The van der Waals surface area contributed by atoms with Gasteiger partial charge in [0.2, 0.25) is 5.97 Å². The molecule has 0 spiro atoms. The molecule has 0 aliphatic carbocycles. The van der Waals surface area contributed by atoms with Crippen LogP contribution in [0.1, 0.15) is 20.8 Å². The van der Waals surface area contributed by atoms with E-state index in [0.717, 1.165) is 0 Å². The van der Waals surface area contributed by atoms with E-state index in [4.69, 9.17) is 4.74 Å². The van der Waals surface area contributed by atoms with Crippen molar-refractivity contribution in [3.05, 3.63) is 12.2 Å². The minimum Gasteiger partial charge on any atom is -0.380 e. The topological polar surface area (TPSA) is 21.6 Å². The fourth-order valence-corrected chi connectivity index (χ4v) is 0.677. The van der Waals surface area contributed by atoms with Crippen LogP contribution >= 0.6 is 0 Å². The van der Waals surface area contributed by atoms with E-state index in [2.05, 4.69) is 4.99 Å². The van der Waals surface area contributed by atoms with Gasteiger partial charge in [0, 0.05) is 7.11 Å². The van der Waals surface area contributed by atoms with Gasteiger partial charge in [-0.05, 0) is 26.8 Å². The number of rotatable bonds is 4. The summed E-state index contributed by atoms with van der Waals surface area (Å²) in [6, 6.07) is -0.147. The van der Waals surface area contributed by atoms with E-state index >= 15 is 0 Å². The molecule has 70 valence electrons. The molecule has 0 rings (SSSR count). The summed E-state index contributed by atoms with van der Waals surface area (Å²) in [7, 11) is 1.59. The van der Waals surface area contributed by atoms with E-state index in [1.54, 1.807) is 20.1 Å². The van der Waals surface area contributed by atoms with Gasteiger partial charge in [0.1, 0.15) is 0 Å². The van der Waals surface area contributed by atoms with E-state index in [0.29, 0.717) is 0 Å². The first-order valence-corrected chi connectivity index (χ1v) is 4.00. The minimum atomic E-state index is -0.450. The summed E-state index contributed by atoms with van der Waals surface area (Å²) in [5.41, 5.74) is 0. The maximum absolute atomic E-state index is 12.8. The molecule has 0 aliphatic heterocycles. The molecule has 0 N–H and O–H groups in total. The first kappa shape index (κ1) is 11.3. The van der Waals surface area contributed by atoms with E-state index in [1.807, 2.05) is 13.8 Å². The zero-order valence-electron chi connectivity index (χ0n) is 8.04. The SMILES string of the molecule is C/C=C\C(F)=N/C(C)[C@H](C)OC. The van der Waals surface area contributed by atoms with E-state index in [-0.39, 0.29) is 12.1 Å². The van der Waals surface area contributed by atoms with Gasteiger partial charge in [-0.1, -0.05) is 6.08 Å². The molecule has 0 radical (unpaired) electrons. The van der Waals surface area contributed by atoms with Crippen molar-refractivity contribution >= 4 is 5.97 Å². The molecule has 0 fully saturated rings. The first-order valence-electron chi connectivity index (χ1n) is 4.00. The van der Waals surface area contributed by atoms with E-state index in [9.17, 15) is 4.39 Å². The van der Waals surface area contributed by atoms with Crippen molar-refractivity contribution in [2.45, 2.75) is 32.9 Å². The Morgan fingerprint density at radius 3 is 2.50 bits per heavy atom. The van der Waals surface area contributed by atoms with Crippen molar-refractivity contribution < 1.29 is 9.13 Å². The molecule has 0 heterocycles. The molecular weight excluding hydrogens is 157 g/mol. The van der Waals surface area contributed by atoms with Gasteiger partial charge >= 0.3 is 0 Å². The second-order valence-corrected chi connectivity index (χ2v) is 2.63. The highest BCUT2D eigenvalue weighted by molar-refractivity contribution is 5.86. The van der Waals surface area contributed by atoms with Gasteiger partial charge < -0.3 is 4.74 Å². The Balaban J connectivity index is 4.12. The lowest BCUT2D eigenvalue weighted by atomic mass is 10.2. The van der Waals surface area contributed by atoms with E-state index < -0.39 is 5.97 Å². The molecular formula is C9H16FNO. The lowest BCUT2D eigenvalue weighted by Crippen LogP contribution is -2.20. The standard InChI is InChI=1S/C9H16FNO/c1-5-6-9(10)11-7(2)8(3)12-4/h5-8H,1-4H3/b6-5-,11-9+/t7?,8-/m0/s1. The Morgan fingerprint density at radius 2 is 2.08 bits per heavy atom. The molecule has 3 heteroatoms. The van der Waals surface area contributed by atoms with Crippen molar-refractivity contribution in [1.29, 1.82) is 0 Å². The molecule has 0 aliphatic rings. The summed E-state index contributed by atoms with van der Waals surface area (Å²) >= 11 is 0. The van der Waals surface area contributed by atoms with Crippen LogP contribution in [0.25, 0.3) is 0 Å². The molecule has 0 saturated carbocycles. The van der Waals surface area contributed by atoms with Crippen LogP contribution in [-0.4, -0.2) is 25.2 Å². The molecule has 0 saturated heterocycles. The lowest BCUT2D eigenvalue weighted by molar-refractivity contribution is 0.101. The monoisotopic (exact) mass is 173 g/mol. The summed E-state index contributed by atoms with van der Waals surface area (Å²) in [5, 5.41) is 0. The molecule has 0 amide bonds. The number of hydrogen-bond acceptors (Lipinski definition) is 2. The van der Waals surface area contributed by atoms with Crippen LogP contribution in [-0.2, 0) is 4.74 Å². The zero-order chi connectivity index (χ0) is 9.56. The molecule has 2 nitrogen and oxygen atoms in total. The Morgan fingerprint density at radius 1 is 1.50 bits per heavy atom. The number of methoxy groups -OCH3 is 1. The summed E-state index contributed by atoms with van der Waals surface area (Å²) in [6.45, 7) is 5.42. The average Bonchev–Trinajstić information content (AvgIpc) is 2.03. The van der Waals surface area contributed by atoms with E-state index in [1.165, 1.54) is 6.08 Å². The first-order chi connectivity index (χ1) is 5.61. The highest BCUT2D eigenvalue weighted by Crippen LogP contribution is 2.02. The number of ether oxygens (including phenoxy) is 1. The van der Waals surface area contributed by atoms with Gasteiger partial charge in [0.15, 0.2) is 0 Å². The van der Waals surface area contributed by atoms with Crippen molar-refractivity contribution in [1.82, 2.24) is 0 Å². The third kappa shape index (κ3) is 4.23. The number of halogens is 1. The van der Waals surface area contributed by atoms with Gasteiger partial charge in [0.05, 0.1) is 12.1 Å². The van der Waals surface area contributed by atoms with Crippen molar-refractivity contribution in [3.63, 3.8) is 0 Å². The normalized spacial score (nSPS) is 18.2. The van der Waals surface area contributed by atoms with Crippen LogP contribution in [0.4, 0.5) is 4.39 Å². The number of hydrogen-bond donors (Lipinski definition) is 0. The maximum atomic E-state index is 12.8. The highest BCUT2D eigenvalue weighted by atomic mass is 19.1. The van der Waals surface area contributed by atoms with Crippen molar-refractivity contribution in [3.8, 4) is 0 Å². The van der Waals surface area contributed by atoms with Crippen LogP contribution in [0, 0.1) is 0 Å². The molecule has 1 unspecified atom stereocenters. The third-order valence-corrected chi connectivity index (χ3v) is 1.68. The molecule has 0 aromatic heterocycles. The van der Waals surface area contributed by atoms with Crippen LogP contribution in [0.2, 0.25) is 0 Å². The van der Waals surface area contributed by atoms with Crippen LogP contribution in [0.5, 0.6) is 0 Å². The summed E-state index contributed by atoms with van der Waals surface area (Å²) in [6.07, 6.45) is 2.89. The third-order valence-electron chi connectivity index (χ3n) is 1.68. The predicted molar refractivity (Wildman–Crippen MR) is 49.3 cm³/mol. The zero-order valence-corrected chi connectivity index (χ0v) is 8.04. The van der Waals surface area contributed by atoms with Crippen LogP contribution in [0.15, 0.2) is 17.1 Å². The molecule has 2 atom stereocenters. The highest BCUT2D eigenvalue weighted by Gasteiger charge is 2.09. The predicted octanol–water partition coefficient (Wildman–Crippen LogP) is 2.35. The average molecular weight is 173 g/mol. The van der Waals surface area contributed by atoms with Crippen molar-refractivity contribution in [2.75, 3.05) is 7.11 Å². The summed E-state index contributed by atoms with van der Waals surface area (Å²) in [5.74, 6) is -0.450. The number of nitrogens with zero attached hydrogens (tertiary/aromatic N) is 1. The van der Waals surface area contributed by atoms with Crippen molar-refractivity contribution in [2.24, 2.45) is 4.99 Å². The number of aliphatic imine (C=N–C) groups is 1. The Kier molecular flexibility index (Phi) is 5.54. The fraction of sp³-hybridized carbons (Fsp3) is 0.667. The fourth-order valence-electron chi connectivity index (χ4n) is 0.677. The minimum absolute atomic E-state index is 0.0546. The Labute approximate surface area is 73.1 Å². The largest absolute Gasteiger partial charge is 0.380 e. The van der Waals surface area contributed by atoms with Gasteiger partial charge in [0.25, 0.3) is 0 Å². The van der Waals surface area contributed by atoms with Gasteiger partial charge in [-0.2, -0.15) is 4.39 Å². The Bertz CT molecular complexity index is 177. The molecule has 12 heavy (non-hydrogen) atoms. The van der Waals surface area contributed by atoms with Crippen LogP contribution < -0.4 is 0 Å². The summed E-state index contributed by atoms with van der Waals surface area (Å²) in [4.78, 5) is 3.78. The maximum Gasteiger partial charge on any atom is 0.208 e. The Hall–Kier alpha value is -0.700. The second-order valence-electron chi connectivity index (χ2n) is 2.63.